The van der Waals surface area contributed by atoms with E-state index in [1.165, 1.54) is 17.5 Å². The number of piperidine rings is 1. The smallest absolute Gasteiger partial charge is 0.242 e. The Morgan fingerprint density at radius 2 is 1.92 bits per heavy atom. The quantitative estimate of drug-likeness (QED) is 0.754. The van der Waals surface area contributed by atoms with E-state index in [2.05, 4.69) is 45.3 Å². The maximum atomic E-state index is 13.6. The van der Waals surface area contributed by atoms with E-state index in [1.54, 1.807) is 0 Å². The number of carbonyl (C=O) groups excluding carboxylic acids is 1. The van der Waals surface area contributed by atoms with Crippen LogP contribution in [0.15, 0.2) is 24.3 Å². The highest BCUT2D eigenvalue weighted by molar-refractivity contribution is 5.85. The fraction of sp³-hybridized carbons (Fsp3) is 0.650. The van der Waals surface area contributed by atoms with Crippen molar-refractivity contribution < 1.29 is 4.79 Å². The van der Waals surface area contributed by atoms with E-state index in [1.807, 2.05) is 0 Å². The van der Waals surface area contributed by atoms with Crippen molar-refractivity contribution in [3.05, 3.63) is 35.4 Å². The second kappa shape index (κ2) is 7.47. The van der Waals surface area contributed by atoms with Gasteiger partial charge in [0.2, 0.25) is 5.91 Å². The summed E-state index contributed by atoms with van der Waals surface area (Å²) >= 11 is 0. The first-order valence-electron chi connectivity index (χ1n) is 9.94. The van der Waals surface area contributed by atoms with Gasteiger partial charge in [0.05, 0.1) is 6.04 Å². The molecule has 4 unspecified atom stereocenters. The first-order valence-corrected chi connectivity index (χ1v) is 9.94. The molecule has 2 heterocycles. The van der Waals surface area contributed by atoms with E-state index >= 15 is 0 Å². The van der Waals surface area contributed by atoms with Crippen molar-refractivity contribution in [2.24, 2.45) is 5.92 Å². The zero-order valence-electron chi connectivity index (χ0n) is 15.1. The predicted molar refractivity (Wildman–Crippen MR) is 104 cm³/mol. The van der Waals surface area contributed by atoms with Crippen LogP contribution in [0.4, 0.5) is 0 Å². The SMILES string of the molecule is Cl.O=C(C1NNC2CCNCC21)N(C1CC1)C1CCCc2ccccc21. The molecule has 1 aromatic rings. The van der Waals surface area contributed by atoms with Crippen LogP contribution in [0.2, 0.25) is 0 Å². The average molecular weight is 377 g/mol. The Balaban J connectivity index is 0.00000168. The molecule has 2 saturated heterocycles. The minimum absolute atomic E-state index is 0. The van der Waals surface area contributed by atoms with Gasteiger partial charge in [-0.25, -0.2) is 5.43 Å². The van der Waals surface area contributed by atoms with E-state index < -0.39 is 0 Å². The first kappa shape index (κ1) is 18.2. The summed E-state index contributed by atoms with van der Waals surface area (Å²) in [6.45, 7) is 1.97. The number of carbonyl (C=O) groups is 1. The van der Waals surface area contributed by atoms with Gasteiger partial charge in [-0.05, 0) is 56.2 Å². The van der Waals surface area contributed by atoms with E-state index in [9.17, 15) is 4.79 Å². The molecule has 1 amide bonds. The second-order valence-corrected chi connectivity index (χ2v) is 8.11. The normalized spacial score (nSPS) is 32.9. The van der Waals surface area contributed by atoms with Crippen molar-refractivity contribution in [1.82, 2.24) is 21.1 Å². The van der Waals surface area contributed by atoms with Gasteiger partial charge in [0.15, 0.2) is 0 Å². The molecule has 0 radical (unpaired) electrons. The summed E-state index contributed by atoms with van der Waals surface area (Å²) in [6.07, 6.45) is 6.86. The molecule has 3 fully saturated rings. The van der Waals surface area contributed by atoms with E-state index in [0.29, 0.717) is 23.9 Å². The minimum atomic E-state index is -0.0903. The number of halogens is 1. The van der Waals surface area contributed by atoms with Crippen LogP contribution in [0.3, 0.4) is 0 Å². The van der Waals surface area contributed by atoms with E-state index in [-0.39, 0.29) is 24.5 Å². The summed E-state index contributed by atoms with van der Waals surface area (Å²) in [7, 11) is 0. The number of hydrazine groups is 1. The van der Waals surface area contributed by atoms with Crippen molar-refractivity contribution in [1.29, 1.82) is 0 Å². The van der Waals surface area contributed by atoms with Crippen LogP contribution >= 0.6 is 12.4 Å². The molecule has 5 nitrogen and oxygen atoms in total. The van der Waals surface area contributed by atoms with Crippen LogP contribution in [0.25, 0.3) is 0 Å². The van der Waals surface area contributed by atoms with Gasteiger partial charge in [-0.2, -0.15) is 0 Å². The summed E-state index contributed by atoms with van der Waals surface area (Å²) < 4.78 is 0. The van der Waals surface area contributed by atoms with Crippen molar-refractivity contribution in [2.75, 3.05) is 13.1 Å². The molecule has 26 heavy (non-hydrogen) atoms. The molecule has 2 aliphatic carbocycles. The fourth-order valence-corrected chi connectivity index (χ4v) is 5.08. The molecule has 2 aliphatic heterocycles. The number of rotatable bonds is 3. The predicted octanol–water partition coefficient (Wildman–Crippen LogP) is 1.93. The Labute approximate surface area is 161 Å². The van der Waals surface area contributed by atoms with Crippen LogP contribution in [0.1, 0.15) is 49.3 Å². The molecule has 0 aromatic heterocycles. The van der Waals surface area contributed by atoms with Crippen LogP contribution in [0, 0.1) is 5.92 Å². The van der Waals surface area contributed by atoms with Crippen LogP contribution in [0.5, 0.6) is 0 Å². The van der Waals surface area contributed by atoms with Gasteiger partial charge >= 0.3 is 0 Å². The maximum absolute atomic E-state index is 13.6. The number of hydrogen-bond acceptors (Lipinski definition) is 4. The molecule has 0 bridgehead atoms. The fourth-order valence-electron chi connectivity index (χ4n) is 5.08. The summed E-state index contributed by atoms with van der Waals surface area (Å²) in [5.41, 5.74) is 9.56. The van der Waals surface area contributed by atoms with Crippen LogP contribution in [-0.4, -0.2) is 42.0 Å². The van der Waals surface area contributed by atoms with E-state index in [0.717, 1.165) is 45.2 Å². The van der Waals surface area contributed by atoms with Crippen LogP contribution in [-0.2, 0) is 11.2 Å². The summed E-state index contributed by atoms with van der Waals surface area (Å²) in [5.74, 6) is 0.675. The second-order valence-electron chi connectivity index (χ2n) is 8.11. The van der Waals surface area contributed by atoms with Crippen molar-refractivity contribution in [3.8, 4) is 0 Å². The third kappa shape index (κ3) is 3.15. The Morgan fingerprint density at radius 1 is 1.08 bits per heavy atom. The summed E-state index contributed by atoms with van der Waals surface area (Å²) in [6, 6.07) is 9.79. The molecular weight excluding hydrogens is 348 g/mol. The Morgan fingerprint density at radius 3 is 2.77 bits per heavy atom. The molecule has 0 spiro atoms. The van der Waals surface area contributed by atoms with Gasteiger partial charge in [0.25, 0.3) is 0 Å². The molecule has 5 rings (SSSR count). The Kier molecular flexibility index (Phi) is 5.24. The van der Waals surface area contributed by atoms with Crippen molar-refractivity contribution in [2.45, 2.75) is 62.7 Å². The molecule has 6 heteroatoms. The zero-order valence-corrected chi connectivity index (χ0v) is 15.9. The Bertz CT molecular complexity index is 665. The van der Waals surface area contributed by atoms with Gasteiger partial charge in [-0.1, -0.05) is 24.3 Å². The average Bonchev–Trinajstić information content (AvgIpc) is 3.39. The number of amides is 1. The number of fused-ring (bicyclic) bond motifs is 2. The minimum Gasteiger partial charge on any atom is -0.331 e. The zero-order chi connectivity index (χ0) is 16.8. The van der Waals surface area contributed by atoms with Gasteiger partial charge in [0, 0.05) is 24.5 Å². The number of benzene rings is 1. The summed E-state index contributed by atoms with van der Waals surface area (Å²) in [4.78, 5) is 15.8. The Hall–Kier alpha value is -1.14. The first-order chi connectivity index (χ1) is 12.3. The van der Waals surface area contributed by atoms with Gasteiger partial charge < -0.3 is 10.2 Å². The topological polar surface area (TPSA) is 56.4 Å². The van der Waals surface area contributed by atoms with Crippen molar-refractivity contribution in [3.63, 3.8) is 0 Å². The number of nitrogens with one attached hydrogen (secondary N) is 3. The highest BCUT2D eigenvalue weighted by atomic mass is 35.5. The molecule has 1 aromatic carbocycles. The number of nitrogens with zero attached hydrogens (tertiary/aromatic N) is 1. The van der Waals surface area contributed by atoms with Crippen LogP contribution < -0.4 is 16.2 Å². The lowest BCUT2D eigenvalue weighted by atomic mass is 9.85. The third-order valence-corrected chi connectivity index (χ3v) is 6.52. The van der Waals surface area contributed by atoms with Gasteiger partial charge in [-0.3, -0.25) is 10.2 Å². The molecule has 1 saturated carbocycles. The highest BCUT2D eigenvalue weighted by Crippen LogP contribution is 2.41. The summed E-state index contributed by atoms with van der Waals surface area (Å²) in [5, 5.41) is 3.47. The van der Waals surface area contributed by atoms with Crippen molar-refractivity contribution >= 4 is 18.3 Å². The molecule has 4 atom stereocenters. The molecule has 4 aliphatic rings. The third-order valence-electron chi connectivity index (χ3n) is 6.52. The molecule has 142 valence electrons. The largest absolute Gasteiger partial charge is 0.331 e. The van der Waals surface area contributed by atoms with E-state index in [4.69, 9.17) is 0 Å². The molecular formula is C20H29ClN4O. The maximum Gasteiger partial charge on any atom is 0.242 e. The highest BCUT2D eigenvalue weighted by Gasteiger charge is 2.47. The lowest BCUT2D eigenvalue weighted by Gasteiger charge is -2.39. The van der Waals surface area contributed by atoms with Gasteiger partial charge in [0.1, 0.15) is 6.04 Å². The monoisotopic (exact) mass is 376 g/mol. The number of aryl methyl sites for hydroxylation is 1. The standard InChI is InChI=1S/C20H28N4O.ClH/c25-20(19-16-12-21-11-10-17(16)22-23-19)24(14-8-9-14)18-7-3-5-13-4-1-2-6-15(13)18;/h1-2,4,6,14,16-19,21-23H,3,5,7-12H2;1H. The van der Waals surface area contributed by atoms with Gasteiger partial charge in [-0.15, -0.1) is 12.4 Å². The lowest BCUT2D eigenvalue weighted by Crippen LogP contribution is -2.52. The number of hydrogen-bond donors (Lipinski definition) is 3. The lowest BCUT2D eigenvalue weighted by molar-refractivity contribution is -0.138. The molecule has 3 N–H and O–H groups in total.